The number of aryl methyl sites for hydroxylation is 1. The van der Waals surface area contributed by atoms with Gasteiger partial charge in [-0.15, -0.1) is 0 Å². The van der Waals surface area contributed by atoms with Crippen molar-refractivity contribution in [2.75, 3.05) is 25.5 Å². The van der Waals surface area contributed by atoms with Gasteiger partial charge < -0.3 is 25.7 Å². The summed E-state index contributed by atoms with van der Waals surface area (Å²) in [4.78, 5) is 20.6. The number of hydrogen-bond donors (Lipinski definition) is 3. The number of urea groups is 1. The van der Waals surface area contributed by atoms with Crippen molar-refractivity contribution in [1.82, 2.24) is 25.2 Å². The molecule has 27 heavy (non-hydrogen) atoms. The molecule has 0 aliphatic heterocycles. The number of rotatable bonds is 9. The van der Waals surface area contributed by atoms with E-state index < -0.39 is 0 Å². The SMILES string of the molecule is Cc1cc2c(nc(CC3CC3)n2CCOCCNC(=O)NC(C)C)c(N)n1. The third-order valence-electron chi connectivity index (χ3n) is 4.55. The Morgan fingerprint density at radius 3 is 2.85 bits per heavy atom. The first-order valence-corrected chi connectivity index (χ1v) is 9.68. The van der Waals surface area contributed by atoms with E-state index >= 15 is 0 Å². The number of nitrogens with one attached hydrogen (secondary N) is 2. The molecule has 2 heterocycles. The van der Waals surface area contributed by atoms with Gasteiger partial charge in [-0.05, 0) is 45.6 Å². The number of hydrogen-bond acceptors (Lipinski definition) is 5. The monoisotopic (exact) mass is 374 g/mol. The maximum atomic E-state index is 11.5. The Bertz CT molecular complexity index is 797. The van der Waals surface area contributed by atoms with Crippen molar-refractivity contribution in [3.05, 3.63) is 17.6 Å². The van der Waals surface area contributed by atoms with Crippen LogP contribution in [-0.2, 0) is 17.7 Å². The Balaban J connectivity index is 1.56. The van der Waals surface area contributed by atoms with Gasteiger partial charge in [0.1, 0.15) is 11.3 Å². The van der Waals surface area contributed by atoms with E-state index in [1.807, 2.05) is 26.8 Å². The molecule has 2 aromatic heterocycles. The van der Waals surface area contributed by atoms with E-state index in [0.717, 1.165) is 34.9 Å². The molecule has 3 rings (SSSR count). The van der Waals surface area contributed by atoms with Gasteiger partial charge in [0.05, 0.1) is 18.7 Å². The molecule has 1 fully saturated rings. The topological polar surface area (TPSA) is 107 Å². The zero-order valence-electron chi connectivity index (χ0n) is 16.4. The van der Waals surface area contributed by atoms with Gasteiger partial charge in [0.25, 0.3) is 0 Å². The minimum atomic E-state index is -0.167. The Labute approximate surface area is 159 Å². The molecule has 0 bridgehead atoms. The largest absolute Gasteiger partial charge is 0.382 e. The second-order valence-corrected chi connectivity index (χ2v) is 7.51. The number of anilines is 1. The smallest absolute Gasteiger partial charge is 0.315 e. The molecular weight excluding hydrogens is 344 g/mol. The number of carbonyl (C=O) groups excluding carboxylic acids is 1. The second-order valence-electron chi connectivity index (χ2n) is 7.51. The maximum Gasteiger partial charge on any atom is 0.315 e. The van der Waals surface area contributed by atoms with E-state index in [1.165, 1.54) is 12.8 Å². The average Bonchev–Trinajstić information content (AvgIpc) is 3.32. The van der Waals surface area contributed by atoms with Gasteiger partial charge in [-0.25, -0.2) is 14.8 Å². The second kappa shape index (κ2) is 8.56. The lowest BCUT2D eigenvalue weighted by atomic mass is 10.3. The van der Waals surface area contributed by atoms with Crippen LogP contribution in [0.2, 0.25) is 0 Å². The van der Waals surface area contributed by atoms with Crippen LogP contribution in [0.15, 0.2) is 6.07 Å². The number of fused-ring (bicyclic) bond motifs is 1. The molecule has 0 saturated heterocycles. The van der Waals surface area contributed by atoms with Gasteiger partial charge in [-0.3, -0.25) is 0 Å². The highest BCUT2D eigenvalue weighted by Gasteiger charge is 2.25. The maximum absolute atomic E-state index is 11.5. The highest BCUT2D eigenvalue weighted by molar-refractivity contribution is 5.85. The van der Waals surface area contributed by atoms with Crippen LogP contribution in [0.3, 0.4) is 0 Å². The number of aromatic nitrogens is 3. The summed E-state index contributed by atoms with van der Waals surface area (Å²) in [7, 11) is 0. The number of nitrogens with two attached hydrogens (primary N) is 1. The number of imidazole rings is 1. The fraction of sp³-hybridized carbons (Fsp3) is 0.632. The summed E-state index contributed by atoms with van der Waals surface area (Å²) in [5, 5.41) is 5.56. The summed E-state index contributed by atoms with van der Waals surface area (Å²) in [6.45, 7) is 8.01. The molecule has 4 N–H and O–H groups in total. The summed E-state index contributed by atoms with van der Waals surface area (Å²) in [6, 6.07) is 1.99. The minimum Gasteiger partial charge on any atom is -0.382 e. The number of nitrogen functional groups attached to an aromatic ring is 1. The summed E-state index contributed by atoms with van der Waals surface area (Å²) < 4.78 is 7.92. The normalized spacial score (nSPS) is 14.1. The third-order valence-corrected chi connectivity index (χ3v) is 4.55. The van der Waals surface area contributed by atoms with Crippen molar-refractivity contribution in [2.24, 2.45) is 5.92 Å². The van der Waals surface area contributed by atoms with Crippen molar-refractivity contribution in [1.29, 1.82) is 0 Å². The molecule has 2 amide bonds. The minimum absolute atomic E-state index is 0.121. The van der Waals surface area contributed by atoms with Crippen LogP contribution in [-0.4, -0.2) is 46.4 Å². The van der Waals surface area contributed by atoms with Crippen LogP contribution in [0, 0.1) is 12.8 Å². The molecule has 2 aromatic rings. The first kappa shape index (κ1) is 19.4. The third kappa shape index (κ3) is 5.32. The number of nitrogens with zero attached hydrogens (tertiary/aromatic N) is 3. The van der Waals surface area contributed by atoms with Crippen LogP contribution in [0.5, 0.6) is 0 Å². The van der Waals surface area contributed by atoms with Crippen molar-refractivity contribution in [3.8, 4) is 0 Å². The quantitative estimate of drug-likeness (QED) is 0.582. The molecule has 0 atom stereocenters. The van der Waals surface area contributed by atoms with Crippen molar-refractivity contribution < 1.29 is 9.53 Å². The van der Waals surface area contributed by atoms with Gasteiger partial charge in [0, 0.05) is 31.2 Å². The summed E-state index contributed by atoms with van der Waals surface area (Å²) >= 11 is 0. The van der Waals surface area contributed by atoms with Gasteiger partial charge in [0.15, 0.2) is 5.82 Å². The zero-order chi connectivity index (χ0) is 19.4. The molecule has 1 aliphatic carbocycles. The highest BCUT2D eigenvalue weighted by Crippen LogP contribution is 2.33. The number of carbonyl (C=O) groups is 1. The van der Waals surface area contributed by atoms with Crippen LogP contribution in [0.4, 0.5) is 10.6 Å². The van der Waals surface area contributed by atoms with Crippen LogP contribution in [0.25, 0.3) is 11.0 Å². The van der Waals surface area contributed by atoms with Crippen LogP contribution in [0.1, 0.15) is 38.2 Å². The highest BCUT2D eigenvalue weighted by atomic mass is 16.5. The van der Waals surface area contributed by atoms with Crippen molar-refractivity contribution in [3.63, 3.8) is 0 Å². The first-order chi connectivity index (χ1) is 12.9. The fourth-order valence-corrected chi connectivity index (χ4v) is 3.11. The van der Waals surface area contributed by atoms with E-state index in [1.54, 1.807) is 0 Å². The molecule has 1 aliphatic rings. The number of ether oxygens (including phenoxy) is 1. The zero-order valence-corrected chi connectivity index (χ0v) is 16.4. The Kier molecular flexibility index (Phi) is 6.15. The van der Waals surface area contributed by atoms with E-state index in [2.05, 4.69) is 20.2 Å². The van der Waals surface area contributed by atoms with Gasteiger partial charge in [0.2, 0.25) is 0 Å². The Hall–Kier alpha value is -2.35. The number of pyridine rings is 1. The summed E-state index contributed by atoms with van der Waals surface area (Å²) in [6.07, 6.45) is 3.53. The average molecular weight is 374 g/mol. The van der Waals surface area contributed by atoms with Crippen molar-refractivity contribution >= 4 is 22.9 Å². The van der Waals surface area contributed by atoms with Gasteiger partial charge in [-0.2, -0.15) is 0 Å². The molecule has 0 spiro atoms. The predicted octanol–water partition coefficient (Wildman–Crippen LogP) is 2.00. The molecule has 8 nitrogen and oxygen atoms in total. The molecule has 0 aromatic carbocycles. The lowest BCUT2D eigenvalue weighted by Crippen LogP contribution is -2.40. The Morgan fingerprint density at radius 2 is 2.15 bits per heavy atom. The number of amides is 2. The van der Waals surface area contributed by atoms with Crippen molar-refractivity contribution in [2.45, 2.75) is 52.6 Å². The van der Waals surface area contributed by atoms with Crippen LogP contribution < -0.4 is 16.4 Å². The molecule has 8 heteroatoms. The van der Waals surface area contributed by atoms with E-state index in [0.29, 0.717) is 32.1 Å². The molecular formula is C19H30N6O2. The van der Waals surface area contributed by atoms with E-state index in [9.17, 15) is 4.79 Å². The summed E-state index contributed by atoms with van der Waals surface area (Å²) in [5.74, 6) is 2.28. The molecule has 0 radical (unpaired) electrons. The standard InChI is InChI=1S/C19H30N6O2/c1-12(2)22-19(26)21-6-8-27-9-7-25-15-10-13(3)23-18(20)17(15)24-16(25)11-14-4-5-14/h10,12,14H,4-9,11H2,1-3H3,(H2,20,23)(H2,21,22,26). The van der Waals surface area contributed by atoms with E-state index in [4.69, 9.17) is 15.5 Å². The molecule has 1 saturated carbocycles. The predicted molar refractivity (Wildman–Crippen MR) is 106 cm³/mol. The first-order valence-electron chi connectivity index (χ1n) is 9.68. The molecule has 0 unspecified atom stereocenters. The van der Waals surface area contributed by atoms with Gasteiger partial charge in [-0.1, -0.05) is 0 Å². The fourth-order valence-electron chi connectivity index (χ4n) is 3.11. The van der Waals surface area contributed by atoms with Gasteiger partial charge >= 0.3 is 6.03 Å². The lowest BCUT2D eigenvalue weighted by molar-refractivity contribution is 0.128. The van der Waals surface area contributed by atoms with Crippen LogP contribution >= 0.6 is 0 Å². The summed E-state index contributed by atoms with van der Waals surface area (Å²) in [5.41, 5.74) is 8.77. The molecule has 148 valence electrons. The Morgan fingerprint density at radius 1 is 1.37 bits per heavy atom. The lowest BCUT2D eigenvalue weighted by Gasteiger charge is -2.12. The van der Waals surface area contributed by atoms with E-state index in [-0.39, 0.29) is 12.1 Å².